The smallest absolute Gasteiger partial charge is 0.412 e. The maximum atomic E-state index is 14.7. The van der Waals surface area contributed by atoms with Crippen molar-refractivity contribution in [1.29, 1.82) is 0 Å². The van der Waals surface area contributed by atoms with Crippen molar-refractivity contribution in [2.75, 3.05) is 46.4 Å². The topological polar surface area (TPSA) is 176 Å². The van der Waals surface area contributed by atoms with Crippen LogP contribution in [0.5, 0.6) is 23.0 Å². The van der Waals surface area contributed by atoms with E-state index in [4.69, 9.17) is 43.2 Å². The highest BCUT2D eigenvalue weighted by Gasteiger charge is 2.66. The Morgan fingerprint density at radius 2 is 1.63 bits per heavy atom. The lowest BCUT2D eigenvalue weighted by Gasteiger charge is -2.59. The summed E-state index contributed by atoms with van der Waals surface area (Å²) in [7, 11) is 0. The van der Waals surface area contributed by atoms with Gasteiger partial charge >= 0.3 is 12.2 Å². The van der Waals surface area contributed by atoms with Gasteiger partial charge in [-0.25, -0.2) is 9.59 Å². The van der Waals surface area contributed by atoms with Crippen molar-refractivity contribution in [3.63, 3.8) is 0 Å². The minimum absolute atomic E-state index is 0.0101. The maximum absolute atomic E-state index is 14.7. The van der Waals surface area contributed by atoms with Crippen molar-refractivity contribution < 1.29 is 57.8 Å². The number of fused-ring (bicyclic) bond motifs is 3. The molecule has 0 radical (unpaired) electrons. The van der Waals surface area contributed by atoms with E-state index in [-0.39, 0.29) is 63.9 Å². The molecule has 7 atom stereocenters. The molecule has 0 bridgehead atoms. The highest BCUT2D eigenvalue weighted by Crippen LogP contribution is 2.62. The molecule has 0 aromatic heterocycles. The van der Waals surface area contributed by atoms with Crippen LogP contribution in [0.4, 0.5) is 9.59 Å². The number of carbonyl (C=O) groups excluding carboxylic acids is 2. The summed E-state index contributed by atoms with van der Waals surface area (Å²) in [5.41, 5.74) is 3.15. The molecule has 392 valence electrons. The van der Waals surface area contributed by atoms with Crippen LogP contribution in [0.15, 0.2) is 65.9 Å². The number of benzene rings is 2. The fourth-order valence-electron chi connectivity index (χ4n) is 11.3. The quantitative estimate of drug-likeness (QED) is 0.0400. The van der Waals surface area contributed by atoms with E-state index < -0.39 is 36.2 Å². The van der Waals surface area contributed by atoms with Crippen LogP contribution in [-0.2, 0) is 25.6 Å². The van der Waals surface area contributed by atoms with Gasteiger partial charge in [0, 0.05) is 50.6 Å². The van der Waals surface area contributed by atoms with Crippen molar-refractivity contribution in [1.82, 2.24) is 10.2 Å². The molecule has 3 aliphatic heterocycles. The number of unbranched alkanes of at least 4 members (excludes halogenated alkanes) is 11. The van der Waals surface area contributed by atoms with Gasteiger partial charge in [-0.2, -0.15) is 0 Å². The van der Waals surface area contributed by atoms with Crippen molar-refractivity contribution >= 4 is 17.9 Å². The van der Waals surface area contributed by atoms with Crippen LogP contribution in [0.3, 0.4) is 0 Å². The number of oxime groups is 1. The molecule has 3 N–H and O–H groups in total. The number of carbonyl (C=O) groups is 2. The van der Waals surface area contributed by atoms with Crippen LogP contribution in [-0.4, -0.2) is 97.5 Å². The Morgan fingerprint density at radius 1 is 0.887 bits per heavy atom. The Morgan fingerprint density at radius 3 is 2.37 bits per heavy atom. The maximum Gasteiger partial charge on any atom is 0.412 e. The van der Waals surface area contributed by atoms with Crippen LogP contribution in [0.25, 0.3) is 0 Å². The lowest BCUT2D eigenvalue weighted by atomic mass is 9.55. The molecule has 2 amide bonds. The van der Waals surface area contributed by atoms with E-state index in [9.17, 15) is 19.8 Å². The van der Waals surface area contributed by atoms with E-state index in [1.165, 1.54) is 44.9 Å². The number of ether oxygens (including phenoxy) is 7. The van der Waals surface area contributed by atoms with Crippen molar-refractivity contribution in [3.8, 4) is 23.0 Å². The fourth-order valence-corrected chi connectivity index (χ4v) is 11.3. The van der Waals surface area contributed by atoms with Crippen LogP contribution in [0.1, 0.15) is 159 Å². The molecule has 2 aromatic carbocycles. The Balaban J connectivity index is 1.28. The first-order chi connectivity index (χ1) is 34.8. The highest BCUT2D eigenvalue weighted by molar-refractivity contribution is 6.03. The molecule has 0 spiro atoms. The minimum Gasteiger partial charge on any atom is -0.459 e. The molecule has 7 rings (SSSR count). The second-order valence-corrected chi connectivity index (χ2v) is 19.7. The molecule has 71 heavy (non-hydrogen) atoms. The average Bonchev–Trinajstić information content (AvgIpc) is 3.86. The molecular weight excluding hydrogens is 907 g/mol. The average molecular weight is 988 g/mol. The normalized spacial score (nSPS) is 24.5. The number of nitrogens with one attached hydrogen (secondary N) is 1. The lowest BCUT2D eigenvalue weighted by molar-refractivity contribution is -0.256. The molecular formula is C56H81N3O12. The van der Waals surface area contributed by atoms with E-state index in [0.29, 0.717) is 61.1 Å². The molecule has 3 heterocycles. The predicted molar refractivity (Wildman–Crippen MR) is 271 cm³/mol. The number of amides is 2. The number of hydrogen-bond donors (Lipinski definition) is 3. The van der Waals surface area contributed by atoms with Crippen LogP contribution in [0, 0.1) is 17.8 Å². The van der Waals surface area contributed by atoms with Gasteiger partial charge in [-0.15, -0.1) is 6.58 Å². The zero-order valence-corrected chi connectivity index (χ0v) is 42.5. The monoisotopic (exact) mass is 988 g/mol. The first-order valence-corrected chi connectivity index (χ1v) is 27.0. The van der Waals surface area contributed by atoms with Gasteiger partial charge in [-0.1, -0.05) is 101 Å². The van der Waals surface area contributed by atoms with Gasteiger partial charge in [-0.05, 0) is 105 Å². The van der Waals surface area contributed by atoms with E-state index in [1.54, 1.807) is 24.0 Å². The lowest BCUT2D eigenvalue weighted by Crippen LogP contribution is -2.70. The van der Waals surface area contributed by atoms with Crippen molar-refractivity contribution in [2.24, 2.45) is 22.9 Å². The van der Waals surface area contributed by atoms with Crippen LogP contribution in [0.2, 0.25) is 0 Å². The predicted octanol–water partition coefficient (Wildman–Crippen LogP) is 11.2. The molecule has 1 saturated heterocycles. The standard InChI is InChI=1S/C56H81N3O12/c1-4-7-8-9-10-11-12-13-14-18-29-57-54(62)69-42-26-28-47-45(36-42)52-43(23-16-20-31-61)41(22-15-19-30-60)35-44-46(58-71-51-24-17-21-33-65-51)37-50(56(70-47,53(44)52)68-32-5-2)59(55(63)64-6-3)38-40-25-27-48-49(34-40)67-39-66-48/h5,25-28,34-36,41,43,50-53,60-61H,2,4,6-24,29-33,37-39H2,1,3H3,(H,57,62). The number of aliphatic hydroxyl groups excluding tert-OH is 2. The first-order valence-electron chi connectivity index (χ1n) is 27.0. The van der Waals surface area contributed by atoms with Crippen molar-refractivity contribution in [2.45, 2.75) is 173 Å². The summed E-state index contributed by atoms with van der Waals surface area (Å²) in [4.78, 5) is 36.1. The van der Waals surface area contributed by atoms with E-state index >= 15 is 0 Å². The number of allylic oxidation sites excluding steroid dienone is 1. The molecule has 5 aliphatic rings. The van der Waals surface area contributed by atoms with Gasteiger partial charge in [0.1, 0.15) is 17.5 Å². The Kier molecular flexibility index (Phi) is 21.2. The number of rotatable bonds is 29. The Labute approximate surface area is 421 Å². The zero-order valence-electron chi connectivity index (χ0n) is 42.5. The van der Waals surface area contributed by atoms with E-state index in [1.807, 2.05) is 30.3 Å². The fraction of sp³-hybridized carbons (Fsp3) is 0.661. The molecule has 15 heteroatoms. The molecule has 2 aromatic rings. The third-order valence-corrected chi connectivity index (χ3v) is 14.7. The summed E-state index contributed by atoms with van der Waals surface area (Å²) in [5, 5.41) is 28.0. The third kappa shape index (κ3) is 14.0. The summed E-state index contributed by atoms with van der Waals surface area (Å²) < 4.78 is 43.9. The SMILES string of the molecule is C=CCOC12Oc3ccc(OC(=O)NCCCCCCCCCCCC)cc3C3C(CCCCO)C(CCCCO)C=C(C(=NOC4CCCCO4)CC1N(Cc1ccc4c(c1)OCO4)C(=O)OCC)C32. The third-order valence-electron chi connectivity index (χ3n) is 14.7. The summed E-state index contributed by atoms with van der Waals surface area (Å²) in [5.74, 6) is -0.324. The molecule has 1 saturated carbocycles. The van der Waals surface area contributed by atoms with Crippen LogP contribution < -0.4 is 24.3 Å². The van der Waals surface area contributed by atoms with E-state index in [0.717, 1.165) is 74.5 Å². The second-order valence-electron chi connectivity index (χ2n) is 19.7. The number of hydrogen-bond acceptors (Lipinski definition) is 13. The number of aliphatic hydroxyl groups is 2. The largest absolute Gasteiger partial charge is 0.459 e. The first kappa shape index (κ1) is 54.0. The number of nitrogens with zero attached hydrogens (tertiary/aromatic N) is 2. The van der Waals surface area contributed by atoms with Gasteiger partial charge in [0.05, 0.1) is 31.5 Å². The molecule has 15 nitrogen and oxygen atoms in total. The summed E-state index contributed by atoms with van der Waals surface area (Å²) in [6.45, 7) is 9.76. The summed E-state index contributed by atoms with van der Waals surface area (Å²) in [6.07, 6.45) is 21.5. The minimum atomic E-state index is -1.53. The molecule has 7 unspecified atom stereocenters. The zero-order chi connectivity index (χ0) is 49.8. The van der Waals surface area contributed by atoms with Gasteiger partial charge < -0.3 is 53.5 Å². The van der Waals surface area contributed by atoms with Gasteiger partial charge in [0.2, 0.25) is 18.9 Å². The van der Waals surface area contributed by atoms with Gasteiger partial charge in [-0.3, -0.25) is 4.90 Å². The highest BCUT2D eigenvalue weighted by atomic mass is 16.8. The molecule has 2 fully saturated rings. The second kappa shape index (κ2) is 27.8. The van der Waals surface area contributed by atoms with E-state index in [2.05, 4.69) is 24.9 Å². The Hall–Kier alpha value is -4.83. The summed E-state index contributed by atoms with van der Waals surface area (Å²) >= 11 is 0. The molecule has 2 aliphatic carbocycles. The van der Waals surface area contributed by atoms with Crippen LogP contribution >= 0.6 is 0 Å². The van der Waals surface area contributed by atoms with Gasteiger partial charge in [0.25, 0.3) is 0 Å². The Bertz CT molecular complexity index is 2070. The summed E-state index contributed by atoms with van der Waals surface area (Å²) in [6, 6.07) is 10.3. The van der Waals surface area contributed by atoms with Crippen molar-refractivity contribution in [3.05, 3.63) is 71.8 Å². The van der Waals surface area contributed by atoms with Gasteiger partial charge in [0.15, 0.2) is 11.5 Å².